The molecule has 1 atom stereocenters. The molecule has 114 valence electrons. The number of nitrogens with zero attached hydrogens (tertiary/aromatic N) is 2. The maximum Gasteiger partial charge on any atom is 0.416 e. The molecule has 0 aromatic heterocycles. The molecular weight excluding hydrogens is 279 g/mol. The van der Waals surface area contributed by atoms with Crippen LogP contribution in [0.3, 0.4) is 0 Å². The summed E-state index contributed by atoms with van der Waals surface area (Å²) in [7, 11) is 0. The Kier molecular flexibility index (Phi) is 4.55. The van der Waals surface area contributed by atoms with Gasteiger partial charge in [0.05, 0.1) is 5.56 Å². The molecule has 1 aromatic carbocycles. The fourth-order valence-electron chi connectivity index (χ4n) is 2.03. The number of nitrogens with one attached hydrogen (secondary N) is 1. The van der Waals surface area contributed by atoms with E-state index in [1.54, 1.807) is 6.07 Å². The van der Waals surface area contributed by atoms with Crippen molar-refractivity contribution in [2.24, 2.45) is 4.99 Å². The van der Waals surface area contributed by atoms with Gasteiger partial charge >= 0.3 is 6.18 Å². The third-order valence-corrected chi connectivity index (χ3v) is 3.35. The van der Waals surface area contributed by atoms with Crippen molar-refractivity contribution in [1.82, 2.24) is 10.2 Å². The fraction of sp³-hybridized carbons (Fsp3) is 0.400. The molecule has 1 heterocycles. The molecule has 1 aromatic rings. The van der Waals surface area contributed by atoms with E-state index in [0.717, 1.165) is 12.6 Å². The van der Waals surface area contributed by atoms with Crippen LogP contribution in [0.2, 0.25) is 0 Å². The molecular formula is C15H18F3N3. The Hall–Kier alpha value is -1.98. The average Bonchev–Trinajstić information content (AvgIpc) is 2.47. The second-order valence-electron chi connectivity index (χ2n) is 4.89. The first kappa shape index (κ1) is 15.4. The van der Waals surface area contributed by atoms with Crippen LogP contribution in [0, 0.1) is 0 Å². The molecule has 0 aliphatic carbocycles. The zero-order valence-electron chi connectivity index (χ0n) is 12.0. The van der Waals surface area contributed by atoms with E-state index in [-0.39, 0.29) is 6.04 Å². The van der Waals surface area contributed by atoms with Crippen molar-refractivity contribution < 1.29 is 13.2 Å². The van der Waals surface area contributed by atoms with Crippen LogP contribution in [0.4, 0.5) is 13.2 Å². The van der Waals surface area contributed by atoms with Gasteiger partial charge in [0.25, 0.3) is 0 Å². The molecule has 0 amide bonds. The maximum absolute atomic E-state index is 12.7. The fourth-order valence-corrected chi connectivity index (χ4v) is 2.03. The van der Waals surface area contributed by atoms with Crippen LogP contribution in [-0.4, -0.2) is 23.9 Å². The van der Waals surface area contributed by atoms with Crippen LogP contribution in [-0.2, 0) is 6.18 Å². The van der Waals surface area contributed by atoms with Gasteiger partial charge in [0, 0.05) is 18.8 Å². The molecule has 0 saturated carbocycles. The third kappa shape index (κ3) is 4.00. The van der Waals surface area contributed by atoms with Gasteiger partial charge in [-0.2, -0.15) is 13.2 Å². The minimum atomic E-state index is -4.32. The standard InChI is InChI=1S/C15H18F3N3/c1-3-21-8-7-14(19-10-21)20-11(2)12-5-4-6-13(9-12)15(16,17)18/h4-9,11H,3,10H2,1-2H3,(H,19,20)/t11-/m0/s1. The molecule has 1 N–H and O–H groups in total. The summed E-state index contributed by atoms with van der Waals surface area (Å²) in [6.45, 7) is 5.28. The van der Waals surface area contributed by atoms with Crippen molar-refractivity contribution in [3.63, 3.8) is 0 Å². The minimum Gasteiger partial charge on any atom is -0.364 e. The Morgan fingerprint density at radius 3 is 2.71 bits per heavy atom. The van der Waals surface area contributed by atoms with Gasteiger partial charge in [0.1, 0.15) is 12.5 Å². The number of alkyl halides is 3. The van der Waals surface area contributed by atoms with E-state index in [9.17, 15) is 13.2 Å². The zero-order chi connectivity index (χ0) is 15.5. The van der Waals surface area contributed by atoms with Gasteiger partial charge in [-0.05, 0) is 37.6 Å². The SMILES string of the molecule is CCN1C=CC(N[C@@H](C)c2cccc(C(F)(F)F)c2)=NC1. The molecule has 0 radical (unpaired) electrons. The summed E-state index contributed by atoms with van der Waals surface area (Å²) in [5.74, 6) is 0.685. The van der Waals surface area contributed by atoms with Crippen LogP contribution in [0.5, 0.6) is 0 Å². The highest BCUT2D eigenvalue weighted by atomic mass is 19.4. The van der Waals surface area contributed by atoms with E-state index in [0.29, 0.717) is 18.1 Å². The summed E-state index contributed by atoms with van der Waals surface area (Å²) in [5, 5.41) is 3.13. The number of aliphatic imine (C=N–C) groups is 1. The second kappa shape index (κ2) is 6.20. The number of hydrogen-bond donors (Lipinski definition) is 1. The summed E-state index contributed by atoms with van der Waals surface area (Å²) in [5.41, 5.74) is -0.0502. The van der Waals surface area contributed by atoms with Crippen molar-refractivity contribution in [3.05, 3.63) is 47.7 Å². The van der Waals surface area contributed by atoms with Crippen LogP contribution in [0.15, 0.2) is 41.5 Å². The van der Waals surface area contributed by atoms with Crippen molar-refractivity contribution >= 4 is 5.84 Å². The number of hydrogen-bond acceptors (Lipinski definition) is 3. The summed E-state index contributed by atoms with van der Waals surface area (Å²) < 4.78 is 38.1. The smallest absolute Gasteiger partial charge is 0.364 e. The van der Waals surface area contributed by atoms with E-state index in [2.05, 4.69) is 10.3 Å². The van der Waals surface area contributed by atoms with Crippen molar-refractivity contribution in [1.29, 1.82) is 0 Å². The highest BCUT2D eigenvalue weighted by molar-refractivity contribution is 5.93. The lowest BCUT2D eigenvalue weighted by atomic mass is 10.0. The quantitative estimate of drug-likeness (QED) is 0.923. The molecule has 0 bridgehead atoms. The van der Waals surface area contributed by atoms with Gasteiger partial charge in [0.15, 0.2) is 0 Å². The summed E-state index contributed by atoms with van der Waals surface area (Å²) in [6.07, 6.45) is -0.565. The molecule has 21 heavy (non-hydrogen) atoms. The predicted molar refractivity (Wildman–Crippen MR) is 76.8 cm³/mol. The van der Waals surface area contributed by atoms with E-state index in [1.807, 2.05) is 31.0 Å². The van der Waals surface area contributed by atoms with Gasteiger partial charge in [0.2, 0.25) is 0 Å². The number of amidine groups is 1. The highest BCUT2D eigenvalue weighted by Gasteiger charge is 2.30. The van der Waals surface area contributed by atoms with E-state index >= 15 is 0 Å². The molecule has 2 rings (SSSR count). The number of rotatable bonds is 3. The normalized spacial score (nSPS) is 16.6. The molecule has 0 unspecified atom stereocenters. The minimum absolute atomic E-state index is 0.246. The lowest BCUT2D eigenvalue weighted by Crippen LogP contribution is -2.31. The summed E-state index contributed by atoms with van der Waals surface area (Å²) in [4.78, 5) is 6.37. The molecule has 1 aliphatic heterocycles. The Bertz CT molecular complexity index is 549. The Morgan fingerprint density at radius 1 is 1.38 bits per heavy atom. The van der Waals surface area contributed by atoms with E-state index in [1.165, 1.54) is 12.1 Å². The number of benzene rings is 1. The third-order valence-electron chi connectivity index (χ3n) is 3.35. The van der Waals surface area contributed by atoms with Gasteiger partial charge in [-0.25, -0.2) is 4.99 Å². The second-order valence-corrected chi connectivity index (χ2v) is 4.89. The first-order valence-corrected chi connectivity index (χ1v) is 6.80. The van der Waals surface area contributed by atoms with Gasteiger partial charge in [-0.15, -0.1) is 0 Å². The number of halogens is 3. The monoisotopic (exact) mass is 297 g/mol. The topological polar surface area (TPSA) is 27.6 Å². The summed E-state index contributed by atoms with van der Waals surface area (Å²) in [6, 6.07) is 5.10. The molecule has 0 saturated heterocycles. The van der Waals surface area contributed by atoms with Crippen molar-refractivity contribution in [2.75, 3.05) is 13.2 Å². The van der Waals surface area contributed by atoms with Gasteiger partial charge in [-0.1, -0.05) is 12.1 Å². The lowest BCUT2D eigenvalue weighted by Gasteiger charge is -2.23. The molecule has 6 heteroatoms. The first-order chi connectivity index (χ1) is 9.90. The average molecular weight is 297 g/mol. The Labute approximate surface area is 122 Å². The molecule has 1 aliphatic rings. The van der Waals surface area contributed by atoms with E-state index < -0.39 is 11.7 Å². The van der Waals surface area contributed by atoms with Crippen LogP contribution in [0.1, 0.15) is 31.0 Å². The molecule has 3 nitrogen and oxygen atoms in total. The maximum atomic E-state index is 12.7. The Morgan fingerprint density at radius 2 is 2.14 bits per heavy atom. The predicted octanol–water partition coefficient (Wildman–Crippen LogP) is 3.56. The van der Waals surface area contributed by atoms with Crippen LogP contribution < -0.4 is 5.32 Å². The highest BCUT2D eigenvalue weighted by Crippen LogP contribution is 2.30. The van der Waals surface area contributed by atoms with E-state index in [4.69, 9.17) is 0 Å². The van der Waals surface area contributed by atoms with Gasteiger partial charge < -0.3 is 10.2 Å². The molecule has 0 fully saturated rings. The van der Waals surface area contributed by atoms with Crippen molar-refractivity contribution in [3.8, 4) is 0 Å². The lowest BCUT2D eigenvalue weighted by molar-refractivity contribution is -0.137. The molecule has 0 spiro atoms. The summed E-state index contributed by atoms with van der Waals surface area (Å²) >= 11 is 0. The van der Waals surface area contributed by atoms with Crippen LogP contribution in [0.25, 0.3) is 0 Å². The van der Waals surface area contributed by atoms with Crippen LogP contribution >= 0.6 is 0 Å². The Balaban J connectivity index is 2.06. The largest absolute Gasteiger partial charge is 0.416 e. The zero-order valence-corrected chi connectivity index (χ0v) is 12.0. The van der Waals surface area contributed by atoms with Crippen molar-refractivity contribution in [2.45, 2.75) is 26.1 Å². The van der Waals surface area contributed by atoms with Gasteiger partial charge in [-0.3, -0.25) is 0 Å². The first-order valence-electron chi connectivity index (χ1n) is 6.80.